The summed E-state index contributed by atoms with van der Waals surface area (Å²) in [6.45, 7) is 2.72. The minimum absolute atomic E-state index is 0.00884. The van der Waals surface area contributed by atoms with E-state index < -0.39 is 9.84 Å². The van der Waals surface area contributed by atoms with Gasteiger partial charge in [-0.2, -0.15) is 0 Å². The molecule has 5 nitrogen and oxygen atoms in total. The van der Waals surface area contributed by atoms with E-state index in [1.165, 1.54) is 11.1 Å². The summed E-state index contributed by atoms with van der Waals surface area (Å²) in [6, 6.07) is 8.61. The zero-order chi connectivity index (χ0) is 16.9. The van der Waals surface area contributed by atoms with E-state index in [1.807, 2.05) is 6.92 Å². The second-order valence-electron chi connectivity index (χ2n) is 7.57. The summed E-state index contributed by atoms with van der Waals surface area (Å²) in [7, 11) is -3.03. The van der Waals surface area contributed by atoms with Crippen molar-refractivity contribution < 1.29 is 13.2 Å². The van der Waals surface area contributed by atoms with Crippen LogP contribution in [0.2, 0.25) is 0 Å². The van der Waals surface area contributed by atoms with Gasteiger partial charge in [0.15, 0.2) is 9.84 Å². The number of nitrogens with zero attached hydrogens (tertiary/aromatic N) is 1. The average Bonchev–Trinajstić information content (AvgIpc) is 3.26. The van der Waals surface area contributed by atoms with Crippen LogP contribution in [0, 0.1) is 11.8 Å². The SMILES string of the molecule is C[C@@H]1CN(C(=O)N[C@@H]2[C@@H]3CCc4ccccc4[C@@H]32)CCS(=O)(=O)C1. The minimum atomic E-state index is -3.03. The van der Waals surface area contributed by atoms with Crippen LogP contribution in [0.3, 0.4) is 0 Å². The number of sulfone groups is 1. The van der Waals surface area contributed by atoms with Crippen LogP contribution in [0.25, 0.3) is 0 Å². The number of benzene rings is 1. The van der Waals surface area contributed by atoms with Gasteiger partial charge in [0.05, 0.1) is 11.5 Å². The number of urea groups is 1. The molecule has 1 saturated carbocycles. The lowest BCUT2D eigenvalue weighted by Crippen LogP contribution is -2.44. The maximum absolute atomic E-state index is 12.6. The Kier molecular flexibility index (Phi) is 3.82. The van der Waals surface area contributed by atoms with E-state index >= 15 is 0 Å². The third kappa shape index (κ3) is 2.92. The zero-order valence-corrected chi connectivity index (χ0v) is 14.8. The highest BCUT2D eigenvalue weighted by molar-refractivity contribution is 7.91. The van der Waals surface area contributed by atoms with Crippen molar-refractivity contribution in [3.8, 4) is 0 Å². The molecule has 1 heterocycles. The summed E-state index contributed by atoms with van der Waals surface area (Å²) in [5, 5.41) is 3.17. The molecule has 0 radical (unpaired) electrons. The van der Waals surface area contributed by atoms with Crippen molar-refractivity contribution in [3.05, 3.63) is 35.4 Å². The van der Waals surface area contributed by atoms with Crippen LogP contribution in [-0.4, -0.2) is 50.0 Å². The van der Waals surface area contributed by atoms with Gasteiger partial charge in [-0.3, -0.25) is 0 Å². The highest BCUT2D eigenvalue weighted by Gasteiger charge is 2.54. The quantitative estimate of drug-likeness (QED) is 0.841. The number of nitrogens with one attached hydrogen (secondary N) is 1. The fourth-order valence-electron chi connectivity index (χ4n) is 4.47. The zero-order valence-electron chi connectivity index (χ0n) is 13.9. The van der Waals surface area contributed by atoms with E-state index in [-0.39, 0.29) is 29.5 Å². The maximum Gasteiger partial charge on any atom is 0.317 e. The van der Waals surface area contributed by atoms with Gasteiger partial charge in [0, 0.05) is 25.0 Å². The van der Waals surface area contributed by atoms with Gasteiger partial charge in [0.2, 0.25) is 0 Å². The molecule has 130 valence electrons. The molecule has 6 heteroatoms. The van der Waals surface area contributed by atoms with Gasteiger partial charge >= 0.3 is 6.03 Å². The molecule has 1 aromatic carbocycles. The average molecular weight is 348 g/mol. The second-order valence-corrected chi connectivity index (χ2v) is 9.80. The molecule has 0 bridgehead atoms. The van der Waals surface area contributed by atoms with Crippen LogP contribution in [0.1, 0.15) is 30.4 Å². The normalized spacial score (nSPS) is 33.8. The highest BCUT2D eigenvalue weighted by Crippen LogP contribution is 2.54. The smallest absolute Gasteiger partial charge is 0.317 e. The first-order chi connectivity index (χ1) is 11.4. The molecule has 4 atom stereocenters. The standard InChI is InChI=1S/C18H24N2O3S/c1-12-10-20(8-9-24(22,23)11-12)18(21)19-17-15-7-6-13-4-2-3-5-14(13)16(15)17/h2-5,12,15-17H,6-11H2,1H3,(H,19,21)/t12-,15-,16+,17-/m1/s1. The van der Waals surface area contributed by atoms with E-state index in [1.54, 1.807) is 4.90 Å². The number of fused-ring (bicyclic) bond motifs is 3. The van der Waals surface area contributed by atoms with E-state index in [0.717, 1.165) is 12.8 Å². The summed E-state index contributed by atoms with van der Waals surface area (Å²) in [5.41, 5.74) is 2.79. The molecule has 2 aliphatic carbocycles. The highest BCUT2D eigenvalue weighted by atomic mass is 32.2. The van der Waals surface area contributed by atoms with E-state index in [2.05, 4.69) is 29.6 Å². The monoisotopic (exact) mass is 348 g/mol. The minimum Gasteiger partial charge on any atom is -0.334 e. The first-order valence-corrected chi connectivity index (χ1v) is 10.6. The largest absolute Gasteiger partial charge is 0.334 e. The fourth-order valence-corrected chi connectivity index (χ4v) is 6.11. The Balaban J connectivity index is 1.43. The van der Waals surface area contributed by atoms with Gasteiger partial charge in [-0.15, -0.1) is 0 Å². The third-order valence-corrected chi connectivity index (χ3v) is 7.53. The van der Waals surface area contributed by atoms with Crippen LogP contribution in [0.5, 0.6) is 0 Å². The number of rotatable bonds is 1. The molecule has 4 rings (SSSR count). The molecule has 0 spiro atoms. The number of aryl methyl sites for hydroxylation is 1. The van der Waals surface area contributed by atoms with Gasteiger partial charge < -0.3 is 10.2 Å². The van der Waals surface area contributed by atoms with Crippen LogP contribution >= 0.6 is 0 Å². The topological polar surface area (TPSA) is 66.5 Å². The lowest BCUT2D eigenvalue weighted by atomic mass is 9.92. The molecule has 1 saturated heterocycles. The maximum atomic E-state index is 12.6. The van der Waals surface area contributed by atoms with Crippen molar-refractivity contribution in [2.75, 3.05) is 24.6 Å². The van der Waals surface area contributed by atoms with Gasteiger partial charge in [-0.05, 0) is 35.8 Å². The van der Waals surface area contributed by atoms with Crippen molar-refractivity contribution in [1.29, 1.82) is 0 Å². The van der Waals surface area contributed by atoms with Gasteiger partial charge in [-0.25, -0.2) is 13.2 Å². The Morgan fingerprint density at radius 3 is 2.92 bits per heavy atom. The fraction of sp³-hybridized carbons (Fsp3) is 0.611. The molecular formula is C18H24N2O3S. The Bertz CT molecular complexity index is 761. The predicted molar refractivity (Wildman–Crippen MR) is 92.7 cm³/mol. The first kappa shape index (κ1) is 15.9. The summed E-state index contributed by atoms with van der Waals surface area (Å²) < 4.78 is 23.7. The molecule has 0 unspecified atom stereocenters. The van der Waals surface area contributed by atoms with Gasteiger partial charge in [-0.1, -0.05) is 31.2 Å². The summed E-state index contributed by atoms with van der Waals surface area (Å²) in [4.78, 5) is 14.3. The van der Waals surface area contributed by atoms with Gasteiger partial charge in [0.25, 0.3) is 0 Å². The predicted octanol–water partition coefficient (Wildman–Crippen LogP) is 1.79. The molecule has 1 N–H and O–H groups in total. The Morgan fingerprint density at radius 2 is 2.08 bits per heavy atom. The number of hydrogen-bond acceptors (Lipinski definition) is 3. The third-order valence-electron chi connectivity index (χ3n) is 5.65. The van der Waals surface area contributed by atoms with Crippen LogP contribution in [0.4, 0.5) is 4.79 Å². The number of hydrogen-bond donors (Lipinski definition) is 1. The van der Waals surface area contributed by atoms with Crippen molar-refractivity contribution in [2.24, 2.45) is 11.8 Å². The lowest BCUT2D eigenvalue weighted by Gasteiger charge is -2.22. The summed E-state index contributed by atoms with van der Waals surface area (Å²) in [6.07, 6.45) is 2.21. The van der Waals surface area contributed by atoms with E-state index in [0.29, 0.717) is 24.9 Å². The van der Waals surface area contributed by atoms with Crippen LogP contribution in [-0.2, 0) is 16.3 Å². The molecule has 24 heavy (non-hydrogen) atoms. The molecule has 2 fully saturated rings. The molecule has 0 aromatic heterocycles. The second kappa shape index (κ2) is 5.76. The Labute approximate surface area is 143 Å². The number of carbonyl (C=O) groups is 1. The Hall–Kier alpha value is -1.56. The Morgan fingerprint density at radius 1 is 1.29 bits per heavy atom. The van der Waals surface area contributed by atoms with Gasteiger partial charge in [0.1, 0.15) is 0 Å². The number of amides is 2. The molecular weight excluding hydrogens is 324 g/mol. The van der Waals surface area contributed by atoms with Crippen LogP contribution < -0.4 is 5.32 Å². The van der Waals surface area contributed by atoms with Crippen molar-refractivity contribution in [1.82, 2.24) is 10.2 Å². The van der Waals surface area contributed by atoms with Crippen molar-refractivity contribution in [3.63, 3.8) is 0 Å². The molecule has 3 aliphatic rings. The molecule has 1 aliphatic heterocycles. The van der Waals surface area contributed by atoms with Crippen LogP contribution in [0.15, 0.2) is 24.3 Å². The molecule has 2 amide bonds. The molecule has 1 aromatic rings. The summed E-state index contributed by atoms with van der Waals surface area (Å²) >= 11 is 0. The van der Waals surface area contributed by atoms with E-state index in [9.17, 15) is 13.2 Å². The summed E-state index contributed by atoms with van der Waals surface area (Å²) in [5.74, 6) is 1.22. The lowest BCUT2D eigenvalue weighted by molar-refractivity contribution is 0.195. The van der Waals surface area contributed by atoms with Crippen molar-refractivity contribution >= 4 is 15.9 Å². The first-order valence-electron chi connectivity index (χ1n) is 8.78. The van der Waals surface area contributed by atoms with E-state index in [4.69, 9.17) is 0 Å². The van der Waals surface area contributed by atoms with Crippen molar-refractivity contribution in [2.45, 2.75) is 31.7 Å². The number of carbonyl (C=O) groups excluding carboxylic acids is 1.